The minimum atomic E-state index is 0.217. The molecule has 0 saturated carbocycles. The van der Waals surface area contributed by atoms with Crippen molar-refractivity contribution < 1.29 is 0 Å². The number of aromatic nitrogens is 1. The number of benzene rings is 1. The van der Waals surface area contributed by atoms with Gasteiger partial charge in [0.2, 0.25) is 0 Å². The highest BCUT2D eigenvalue weighted by Gasteiger charge is 2.15. The van der Waals surface area contributed by atoms with Gasteiger partial charge >= 0.3 is 0 Å². The van der Waals surface area contributed by atoms with Crippen LogP contribution >= 0.6 is 0 Å². The molecule has 1 aliphatic rings. The van der Waals surface area contributed by atoms with Crippen molar-refractivity contribution in [3.05, 3.63) is 65.0 Å². The van der Waals surface area contributed by atoms with Crippen LogP contribution in [0.2, 0.25) is 0 Å². The Hall–Kier alpha value is -1.71. The lowest BCUT2D eigenvalue weighted by molar-refractivity contribution is 0.516. The molecular formula is C17H21N3. The summed E-state index contributed by atoms with van der Waals surface area (Å²) in [5.41, 5.74) is 8.60. The molecule has 3 nitrogen and oxygen atoms in total. The van der Waals surface area contributed by atoms with Gasteiger partial charge in [-0.25, -0.2) is 0 Å². The molecule has 3 rings (SSSR count). The second-order valence-corrected chi connectivity index (χ2v) is 5.50. The lowest BCUT2D eigenvalue weighted by Crippen LogP contribution is -2.28. The molecule has 2 aromatic rings. The molecule has 1 aromatic heterocycles. The molecule has 0 fully saturated rings. The van der Waals surface area contributed by atoms with E-state index in [-0.39, 0.29) is 6.04 Å². The Bertz CT molecular complexity index is 566. The minimum Gasteiger partial charge on any atom is -0.271 e. The van der Waals surface area contributed by atoms with Crippen LogP contribution in [0.25, 0.3) is 0 Å². The first-order valence-electron chi connectivity index (χ1n) is 7.33. The molecule has 1 heterocycles. The van der Waals surface area contributed by atoms with Crippen molar-refractivity contribution >= 4 is 0 Å². The molecule has 0 amide bonds. The Labute approximate surface area is 120 Å². The maximum absolute atomic E-state index is 5.75. The summed E-state index contributed by atoms with van der Waals surface area (Å²) in [5.74, 6) is 5.75. The van der Waals surface area contributed by atoms with Crippen molar-refractivity contribution in [1.29, 1.82) is 0 Å². The molecular weight excluding hydrogens is 246 g/mol. The summed E-state index contributed by atoms with van der Waals surface area (Å²) < 4.78 is 0. The van der Waals surface area contributed by atoms with Crippen molar-refractivity contribution in [3.63, 3.8) is 0 Å². The third kappa shape index (κ3) is 2.89. The fourth-order valence-corrected chi connectivity index (χ4v) is 3.02. The summed E-state index contributed by atoms with van der Waals surface area (Å²) >= 11 is 0. The molecule has 3 N–H and O–H groups in total. The van der Waals surface area contributed by atoms with E-state index in [4.69, 9.17) is 5.84 Å². The molecule has 0 radical (unpaired) electrons. The van der Waals surface area contributed by atoms with Crippen molar-refractivity contribution in [2.45, 2.75) is 38.1 Å². The van der Waals surface area contributed by atoms with E-state index in [1.807, 2.05) is 12.4 Å². The van der Waals surface area contributed by atoms with Gasteiger partial charge in [0.25, 0.3) is 0 Å². The predicted octanol–water partition coefficient (Wildman–Crippen LogP) is 2.71. The number of rotatable bonds is 5. The summed E-state index contributed by atoms with van der Waals surface area (Å²) in [6.07, 6.45) is 9.42. The Kier molecular flexibility index (Phi) is 4.09. The molecule has 20 heavy (non-hydrogen) atoms. The zero-order valence-corrected chi connectivity index (χ0v) is 11.7. The summed E-state index contributed by atoms with van der Waals surface area (Å²) in [4.78, 5) is 4.05. The summed E-state index contributed by atoms with van der Waals surface area (Å²) in [6.45, 7) is 0. The van der Waals surface area contributed by atoms with Gasteiger partial charge in [-0.1, -0.05) is 18.2 Å². The van der Waals surface area contributed by atoms with Gasteiger partial charge in [-0.2, -0.15) is 0 Å². The van der Waals surface area contributed by atoms with E-state index >= 15 is 0 Å². The van der Waals surface area contributed by atoms with Crippen LogP contribution in [0.4, 0.5) is 0 Å². The monoisotopic (exact) mass is 267 g/mol. The molecule has 0 saturated heterocycles. The molecule has 1 atom stereocenters. The van der Waals surface area contributed by atoms with Gasteiger partial charge in [-0.3, -0.25) is 16.3 Å². The first kappa shape index (κ1) is 13.3. The number of nitrogens with two attached hydrogens (primary N) is 1. The molecule has 1 aromatic carbocycles. The average molecular weight is 267 g/mol. The topological polar surface area (TPSA) is 50.9 Å². The zero-order valence-electron chi connectivity index (χ0n) is 11.7. The predicted molar refractivity (Wildman–Crippen MR) is 81.1 cm³/mol. The summed E-state index contributed by atoms with van der Waals surface area (Å²) in [7, 11) is 0. The van der Waals surface area contributed by atoms with Gasteiger partial charge in [0, 0.05) is 18.4 Å². The highest BCUT2D eigenvalue weighted by molar-refractivity contribution is 5.36. The Balaban J connectivity index is 1.70. The smallest absolute Gasteiger partial charge is 0.0463 e. The average Bonchev–Trinajstić information content (AvgIpc) is 2.96. The first-order valence-corrected chi connectivity index (χ1v) is 7.33. The van der Waals surface area contributed by atoms with Gasteiger partial charge in [-0.05, 0) is 66.5 Å². The number of pyridine rings is 1. The number of hydrazine groups is 1. The first-order chi connectivity index (χ1) is 9.86. The van der Waals surface area contributed by atoms with Crippen LogP contribution < -0.4 is 11.3 Å². The third-order valence-corrected chi connectivity index (χ3v) is 4.20. The van der Waals surface area contributed by atoms with E-state index in [0.29, 0.717) is 0 Å². The van der Waals surface area contributed by atoms with E-state index in [9.17, 15) is 0 Å². The maximum Gasteiger partial charge on any atom is 0.0463 e. The van der Waals surface area contributed by atoms with E-state index in [1.54, 1.807) is 0 Å². The fraction of sp³-hybridized carbons (Fsp3) is 0.353. The second kappa shape index (κ2) is 6.16. The Morgan fingerprint density at radius 2 is 1.90 bits per heavy atom. The van der Waals surface area contributed by atoms with Crippen molar-refractivity contribution in [2.75, 3.05) is 0 Å². The van der Waals surface area contributed by atoms with Crippen LogP contribution in [-0.2, 0) is 19.3 Å². The number of fused-ring (bicyclic) bond motifs is 1. The number of hydrogen-bond donors (Lipinski definition) is 2. The van der Waals surface area contributed by atoms with Crippen molar-refractivity contribution in [1.82, 2.24) is 10.4 Å². The normalized spacial score (nSPS) is 15.1. The highest BCUT2D eigenvalue weighted by atomic mass is 15.2. The molecule has 3 heteroatoms. The van der Waals surface area contributed by atoms with Crippen LogP contribution in [0.5, 0.6) is 0 Å². The van der Waals surface area contributed by atoms with Gasteiger partial charge in [0.1, 0.15) is 0 Å². The summed E-state index contributed by atoms with van der Waals surface area (Å²) in [5, 5.41) is 0. The van der Waals surface area contributed by atoms with Gasteiger partial charge in [0.15, 0.2) is 0 Å². The van der Waals surface area contributed by atoms with Crippen LogP contribution in [0.15, 0.2) is 42.7 Å². The van der Waals surface area contributed by atoms with Crippen LogP contribution in [0.1, 0.15) is 41.1 Å². The lowest BCUT2D eigenvalue weighted by atomic mass is 9.97. The SMILES string of the molecule is NNC(CCc1ccncc1)c1ccc2c(c1)CCC2. The maximum atomic E-state index is 5.75. The Morgan fingerprint density at radius 3 is 2.70 bits per heavy atom. The van der Waals surface area contributed by atoms with Crippen LogP contribution in [0.3, 0.4) is 0 Å². The standard InChI is InChI=1S/C17H21N3/c18-20-17(7-4-13-8-10-19-11-9-13)16-6-5-14-2-1-3-15(14)12-16/h5-6,8-12,17,20H,1-4,7,18H2. The molecule has 0 spiro atoms. The number of nitrogens with one attached hydrogen (secondary N) is 1. The summed E-state index contributed by atoms with van der Waals surface area (Å²) in [6, 6.07) is 11.2. The van der Waals surface area contributed by atoms with E-state index in [0.717, 1.165) is 12.8 Å². The molecule has 104 valence electrons. The molecule has 1 aliphatic carbocycles. The molecule has 0 bridgehead atoms. The van der Waals surface area contributed by atoms with Crippen LogP contribution in [0, 0.1) is 0 Å². The van der Waals surface area contributed by atoms with Crippen molar-refractivity contribution in [3.8, 4) is 0 Å². The second-order valence-electron chi connectivity index (χ2n) is 5.50. The van der Waals surface area contributed by atoms with Gasteiger partial charge in [0.05, 0.1) is 0 Å². The largest absolute Gasteiger partial charge is 0.271 e. The number of hydrogen-bond acceptors (Lipinski definition) is 3. The van der Waals surface area contributed by atoms with Crippen LogP contribution in [-0.4, -0.2) is 4.98 Å². The number of nitrogens with zero attached hydrogens (tertiary/aromatic N) is 1. The molecule has 0 aliphatic heterocycles. The van der Waals surface area contributed by atoms with E-state index < -0.39 is 0 Å². The van der Waals surface area contributed by atoms with Gasteiger partial charge < -0.3 is 0 Å². The van der Waals surface area contributed by atoms with Crippen molar-refractivity contribution in [2.24, 2.45) is 5.84 Å². The third-order valence-electron chi connectivity index (χ3n) is 4.20. The highest BCUT2D eigenvalue weighted by Crippen LogP contribution is 2.27. The minimum absolute atomic E-state index is 0.217. The number of aryl methyl sites for hydroxylation is 3. The van der Waals surface area contributed by atoms with E-state index in [2.05, 4.69) is 40.7 Å². The lowest BCUT2D eigenvalue weighted by Gasteiger charge is -2.17. The molecule has 1 unspecified atom stereocenters. The van der Waals surface area contributed by atoms with Gasteiger partial charge in [-0.15, -0.1) is 0 Å². The quantitative estimate of drug-likeness (QED) is 0.647. The zero-order chi connectivity index (χ0) is 13.8. The fourth-order valence-electron chi connectivity index (χ4n) is 3.02. The van der Waals surface area contributed by atoms with E-state index in [1.165, 1.54) is 41.5 Å². The Morgan fingerprint density at radius 1 is 1.10 bits per heavy atom.